The zero-order chi connectivity index (χ0) is 19.3. The van der Waals surface area contributed by atoms with E-state index in [-0.39, 0.29) is 20.2 Å². The first-order chi connectivity index (χ1) is 11.3. The molecule has 3 unspecified atom stereocenters. The van der Waals surface area contributed by atoms with E-state index in [9.17, 15) is 23.7 Å². The van der Waals surface area contributed by atoms with Crippen LogP contribution in [0.25, 0.3) is 0 Å². The molecule has 1 aliphatic rings. The Hall–Kier alpha value is -0.0851. The van der Waals surface area contributed by atoms with Crippen molar-refractivity contribution in [2.75, 3.05) is 13.2 Å². The molecule has 0 amide bonds. The first-order valence-corrected chi connectivity index (χ1v) is 11.1. The first-order valence-electron chi connectivity index (χ1n) is 6.61. The van der Waals surface area contributed by atoms with Crippen LogP contribution >= 0.6 is 23.5 Å². The van der Waals surface area contributed by atoms with E-state index in [4.69, 9.17) is 25.2 Å². The fraction of sp³-hybridized carbons (Fsp3) is 0.750. The Labute approximate surface area is 143 Å². The zero-order valence-corrected chi connectivity index (χ0v) is 15.3. The predicted octanol–water partition coefficient (Wildman–Crippen LogP) is -1.84. The summed E-state index contributed by atoms with van der Waals surface area (Å²) in [5.74, 6) is 5.30. The number of nitrogens with two attached hydrogens (primary N) is 1. The third kappa shape index (κ3) is 9.42. The fourth-order valence-corrected chi connectivity index (χ4v) is 4.86. The molecule has 0 aliphatic carbocycles. The maximum atomic E-state index is 11.5. The number of hydrogen-bond donors (Lipinski definition) is 6. The Balaban J connectivity index is 2.54. The third-order valence-corrected chi connectivity index (χ3v) is 6.48. The first kappa shape index (κ1) is 23.0. The quantitative estimate of drug-likeness (QED) is 0.144. The van der Waals surface area contributed by atoms with Crippen LogP contribution < -0.4 is 5.73 Å². The second-order valence-electron chi connectivity index (χ2n) is 4.75. The van der Waals surface area contributed by atoms with Crippen molar-refractivity contribution in [1.29, 1.82) is 0 Å². The molecule has 17 heteroatoms. The molecular formula is C8H17BNO12P3. The molecule has 0 bridgehead atoms. The van der Waals surface area contributed by atoms with E-state index in [1.54, 1.807) is 0 Å². The van der Waals surface area contributed by atoms with Gasteiger partial charge in [0.25, 0.3) is 0 Å². The summed E-state index contributed by atoms with van der Waals surface area (Å²) in [5, 5.41) is 9.78. The summed E-state index contributed by atoms with van der Waals surface area (Å²) in [7, 11) is -16.0. The third-order valence-electron chi connectivity index (χ3n) is 2.68. The highest BCUT2D eigenvalue weighted by molar-refractivity contribution is 7.66. The lowest BCUT2D eigenvalue weighted by atomic mass is 9.71. The van der Waals surface area contributed by atoms with Gasteiger partial charge in [0.05, 0.1) is 19.3 Å². The van der Waals surface area contributed by atoms with Crippen LogP contribution in [0.2, 0.25) is 0 Å². The number of hydrogen-bond acceptors (Lipinski definition) is 9. The van der Waals surface area contributed by atoms with Crippen molar-refractivity contribution in [2.45, 2.75) is 24.6 Å². The molecule has 0 aromatic carbocycles. The van der Waals surface area contributed by atoms with Crippen LogP contribution in [0.1, 0.15) is 6.42 Å². The van der Waals surface area contributed by atoms with E-state index in [1.807, 2.05) is 0 Å². The van der Waals surface area contributed by atoms with Crippen molar-refractivity contribution in [3.8, 4) is 11.7 Å². The number of phosphoric ester groups is 1. The van der Waals surface area contributed by atoms with Gasteiger partial charge in [0.15, 0.2) is 0 Å². The monoisotopic (exact) mass is 423 g/mol. The van der Waals surface area contributed by atoms with Gasteiger partial charge in [0.2, 0.25) is 7.28 Å². The van der Waals surface area contributed by atoms with E-state index in [0.29, 0.717) is 0 Å². The lowest BCUT2D eigenvalue weighted by molar-refractivity contribution is -0.00456. The van der Waals surface area contributed by atoms with Crippen LogP contribution in [0.4, 0.5) is 0 Å². The minimum absolute atomic E-state index is 0.157. The molecular weight excluding hydrogens is 406 g/mol. The SMILES string of the molecule is NCC#CB[C@H]1CC(O)[C@@H](COP(=O)(O)OP(=O)(O)OP(=O)(O)O)O1. The highest BCUT2D eigenvalue weighted by Gasteiger charge is 2.42. The van der Waals surface area contributed by atoms with Gasteiger partial charge in [0, 0.05) is 6.00 Å². The van der Waals surface area contributed by atoms with Gasteiger partial charge in [-0.25, -0.2) is 13.7 Å². The normalized spacial score (nSPS) is 28.5. The molecule has 0 aromatic rings. The molecule has 144 valence electrons. The molecule has 1 heterocycles. The Kier molecular flexibility index (Phi) is 8.46. The van der Waals surface area contributed by atoms with Gasteiger partial charge in [-0.05, 0) is 6.42 Å². The van der Waals surface area contributed by atoms with E-state index >= 15 is 0 Å². The van der Waals surface area contributed by atoms with Crippen molar-refractivity contribution >= 4 is 30.7 Å². The average molecular weight is 423 g/mol. The number of phosphoric acid groups is 3. The van der Waals surface area contributed by atoms with Crippen LogP contribution in [0, 0.1) is 11.7 Å². The number of aliphatic hydroxyl groups excluding tert-OH is 1. The molecule has 0 aromatic heterocycles. The summed E-state index contributed by atoms with van der Waals surface area (Å²) in [6.45, 7) is -0.545. The summed E-state index contributed by atoms with van der Waals surface area (Å²) < 4.78 is 50.0. The summed E-state index contributed by atoms with van der Waals surface area (Å²) >= 11 is 0. The van der Waals surface area contributed by atoms with Crippen LogP contribution in [0.3, 0.4) is 0 Å². The van der Waals surface area contributed by atoms with E-state index in [1.165, 1.54) is 0 Å². The predicted molar refractivity (Wildman–Crippen MR) is 83.1 cm³/mol. The second-order valence-corrected chi connectivity index (χ2v) is 9.17. The Morgan fingerprint density at radius 3 is 2.36 bits per heavy atom. The van der Waals surface area contributed by atoms with Crippen molar-refractivity contribution in [2.24, 2.45) is 5.73 Å². The van der Waals surface area contributed by atoms with Crippen molar-refractivity contribution < 1.29 is 56.3 Å². The molecule has 5 atom stereocenters. The van der Waals surface area contributed by atoms with Gasteiger partial charge < -0.3 is 35.2 Å². The van der Waals surface area contributed by atoms with E-state index in [0.717, 1.165) is 0 Å². The van der Waals surface area contributed by atoms with Gasteiger partial charge in [-0.15, -0.1) is 5.92 Å². The lowest BCUT2D eigenvalue weighted by Crippen LogP contribution is -2.26. The largest absolute Gasteiger partial charge is 0.490 e. The molecule has 1 saturated heterocycles. The smallest absolute Gasteiger partial charge is 0.390 e. The topological polar surface area (TPSA) is 215 Å². The van der Waals surface area contributed by atoms with Gasteiger partial charge >= 0.3 is 23.5 Å². The van der Waals surface area contributed by atoms with Gasteiger partial charge in [-0.1, -0.05) is 0 Å². The standard InChI is InChI=1S/C8H17BNO12P3/c10-3-1-2-9-8-4-6(11)7(20-8)5-19-24(15,16)22-25(17,18)21-23(12,13)14/h6-9,11H,3-5,10H2,(H,15,16)(H,17,18)(H2,12,13,14)/t6?,7-,8-/m1/s1. The average Bonchev–Trinajstić information content (AvgIpc) is 2.73. The van der Waals surface area contributed by atoms with Crippen molar-refractivity contribution in [1.82, 2.24) is 0 Å². The molecule has 0 spiro atoms. The van der Waals surface area contributed by atoms with Gasteiger partial charge in [0.1, 0.15) is 6.10 Å². The number of rotatable bonds is 8. The van der Waals surface area contributed by atoms with Crippen molar-refractivity contribution in [3.05, 3.63) is 0 Å². The maximum Gasteiger partial charge on any atom is 0.490 e. The molecule has 0 radical (unpaired) electrons. The van der Waals surface area contributed by atoms with Gasteiger partial charge in [-0.3, -0.25) is 4.52 Å². The molecule has 25 heavy (non-hydrogen) atoms. The summed E-state index contributed by atoms with van der Waals surface area (Å²) in [6, 6.07) is -0.469. The van der Waals surface area contributed by atoms with Crippen molar-refractivity contribution in [3.63, 3.8) is 0 Å². The number of aliphatic hydroxyl groups is 1. The second kappa shape index (κ2) is 9.22. The molecule has 13 nitrogen and oxygen atoms in total. The molecule has 1 aliphatic heterocycles. The molecule has 7 N–H and O–H groups in total. The highest BCUT2D eigenvalue weighted by Crippen LogP contribution is 2.66. The Bertz CT molecular complexity index is 656. The number of ether oxygens (including phenoxy) is 1. The summed E-state index contributed by atoms with van der Waals surface area (Å²) in [5.41, 5.74) is 5.19. The molecule has 1 fully saturated rings. The van der Waals surface area contributed by atoms with Crippen LogP contribution in [-0.2, 0) is 31.6 Å². The molecule has 1 rings (SSSR count). The fourth-order valence-electron chi connectivity index (χ4n) is 1.83. The minimum atomic E-state index is -5.58. The Morgan fingerprint density at radius 1 is 1.16 bits per heavy atom. The zero-order valence-electron chi connectivity index (χ0n) is 12.6. The van der Waals surface area contributed by atoms with E-state index in [2.05, 4.69) is 24.9 Å². The minimum Gasteiger partial charge on any atom is -0.390 e. The maximum absolute atomic E-state index is 11.5. The lowest BCUT2D eigenvalue weighted by Gasteiger charge is -2.19. The van der Waals surface area contributed by atoms with Crippen LogP contribution in [0.15, 0.2) is 0 Å². The Morgan fingerprint density at radius 2 is 1.80 bits per heavy atom. The van der Waals surface area contributed by atoms with E-state index < -0.39 is 48.3 Å². The summed E-state index contributed by atoms with van der Waals surface area (Å²) in [6.07, 6.45) is -1.93. The highest BCUT2D eigenvalue weighted by atomic mass is 31.3. The molecule has 0 saturated carbocycles. The van der Waals surface area contributed by atoms with Gasteiger partial charge in [-0.2, -0.15) is 14.4 Å². The van der Waals surface area contributed by atoms with Crippen LogP contribution in [-0.4, -0.2) is 63.3 Å². The van der Waals surface area contributed by atoms with Crippen LogP contribution in [0.5, 0.6) is 0 Å². The summed E-state index contributed by atoms with van der Waals surface area (Å²) in [4.78, 5) is 35.1.